The molecule has 136 valence electrons. The summed E-state index contributed by atoms with van der Waals surface area (Å²) in [6.07, 6.45) is 15.9. The van der Waals surface area contributed by atoms with Crippen LogP contribution in [0.15, 0.2) is 46.6 Å². The fourth-order valence-electron chi connectivity index (χ4n) is 5.44. The first-order valence-electron chi connectivity index (χ1n) is 9.48. The van der Waals surface area contributed by atoms with Gasteiger partial charge in [-0.25, -0.2) is 0 Å². The highest BCUT2D eigenvalue weighted by Gasteiger charge is 2.50. The van der Waals surface area contributed by atoms with Crippen LogP contribution in [0.1, 0.15) is 66.7 Å². The van der Waals surface area contributed by atoms with Gasteiger partial charge in [-0.05, 0) is 68.9 Å². The SMILES string of the molecule is C.CCOC(=O)[C@@H]1CC2=CCC=C[C@]2(C)C2=C1C1=CCC[C@@]1(C)CC2. The number of carbonyl (C=O) groups excluding carboxylic acids is 1. The van der Waals surface area contributed by atoms with Gasteiger partial charge in [-0.2, -0.15) is 0 Å². The van der Waals surface area contributed by atoms with Crippen LogP contribution in [0.3, 0.4) is 0 Å². The van der Waals surface area contributed by atoms with Crippen LogP contribution in [0, 0.1) is 16.7 Å². The molecule has 0 bridgehead atoms. The second-order valence-corrected chi connectivity index (χ2v) is 8.19. The topological polar surface area (TPSA) is 26.3 Å². The third kappa shape index (κ3) is 2.56. The summed E-state index contributed by atoms with van der Waals surface area (Å²) in [7, 11) is 0. The van der Waals surface area contributed by atoms with Crippen LogP contribution in [0.2, 0.25) is 0 Å². The zero-order valence-corrected chi connectivity index (χ0v) is 15.2. The van der Waals surface area contributed by atoms with Gasteiger partial charge in [0.15, 0.2) is 0 Å². The van der Waals surface area contributed by atoms with Crippen molar-refractivity contribution in [2.45, 2.75) is 66.7 Å². The Bertz CT molecular complexity index is 706. The van der Waals surface area contributed by atoms with E-state index in [0.29, 0.717) is 6.61 Å². The Kier molecular flexibility index (Phi) is 4.59. The average molecular weight is 341 g/mol. The first-order chi connectivity index (χ1) is 11.5. The molecule has 3 atom stereocenters. The first-order valence-corrected chi connectivity index (χ1v) is 9.48. The van der Waals surface area contributed by atoms with Crippen molar-refractivity contribution >= 4 is 5.97 Å². The Morgan fingerprint density at radius 3 is 2.84 bits per heavy atom. The molecule has 0 aromatic rings. The van der Waals surface area contributed by atoms with E-state index in [-0.39, 0.29) is 30.1 Å². The lowest BCUT2D eigenvalue weighted by Crippen LogP contribution is -2.39. The molecule has 0 aromatic carbocycles. The zero-order chi connectivity index (χ0) is 16.9. The summed E-state index contributed by atoms with van der Waals surface area (Å²) < 4.78 is 5.48. The maximum Gasteiger partial charge on any atom is 0.313 e. The summed E-state index contributed by atoms with van der Waals surface area (Å²) in [4.78, 5) is 12.8. The Labute approximate surface area is 152 Å². The number of esters is 1. The second-order valence-electron chi connectivity index (χ2n) is 8.19. The maximum absolute atomic E-state index is 12.8. The third-order valence-electron chi connectivity index (χ3n) is 6.83. The van der Waals surface area contributed by atoms with E-state index in [1.54, 1.807) is 0 Å². The summed E-state index contributed by atoms with van der Waals surface area (Å²) in [5.41, 5.74) is 5.98. The summed E-state index contributed by atoms with van der Waals surface area (Å²) in [5.74, 6) is -0.130. The average Bonchev–Trinajstić information content (AvgIpc) is 2.95. The minimum Gasteiger partial charge on any atom is -0.466 e. The van der Waals surface area contributed by atoms with Gasteiger partial charge in [-0.3, -0.25) is 4.79 Å². The molecule has 0 aliphatic heterocycles. The Balaban J connectivity index is 0.00000182. The summed E-state index contributed by atoms with van der Waals surface area (Å²) in [5, 5.41) is 0. The number of carbonyl (C=O) groups is 1. The van der Waals surface area contributed by atoms with E-state index in [0.717, 1.165) is 25.7 Å². The second kappa shape index (κ2) is 6.30. The molecule has 2 nitrogen and oxygen atoms in total. The van der Waals surface area contributed by atoms with E-state index in [9.17, 15) is 4.79 Å². The monoisotopic (exact) mass is 340 g/mol. The molecule has 0 unspecified atom stereocenters. The lowest BCUT2D eigenvalue weighted by atomic mass is 9.55. The van der Waals surface area contributed by atoms with Gasteiger partial charge in [0.05, 0.1) is 12.5 Å². The number of hydrogen-bond acceptors (Lipinski definition) is 2. The minimum atomic E-state index is -0.102. The molecule has 4 aliphatic rings. The Hall–Kier alpha value is -1.57. The van der Waals surface area contributed by atoms with E-state index >= 15 is 0 Å². The van der Waals surface area contributed by atoms with Crippen LogP contribution in [-0.2, 0) is 9.53 Å². The van der Waals surface area contributed by atoms with Crippen LogP contribution in [0.25, 0.3) is 0 Å². The molecule has 2 heteroatoms. The van der Waals surface area contributed by atoms with Gasteiger partial charge in [0.2, 0.25) is 0 Å². The standard InChI is InChI=1S/C22H28O2.CH4/c1-4-24-20(23)16-14-15-8-5-6-12-22(15,3)18-10-13-21(2)11-7-9-17(21)19(16)18;/h6,8-9,12,16H,4-5,7,10-11,13-14H2,1-3H3;1H4/t16-,21+,22+;/m1./s1. The van der Waals surface area contributed by atoms with Crippen LogP contribution in [0.4, 0.5) is 0 Å². The molecular formula is C23H32O2. The number of ether oxygens (including phenoxy) is 1. The van der Waals surface area contributed by atoms with Crippen molar-refractivity contribution in [2.24, 2.45) is 16.7 Å². The highest BCUT2D eigenvalue weighted by molar-refractivity contribution is 5.80. The fraction of sp³-hybridized carbons (Fsp3) is 0.609. The van der Waals surface area contributed by atoms with Crippen molar-refractivity contribution in [3.8, 4) is 0 Å². The van der Waals surface area contributed by atoms with Crippen LogP contribution in [-0.4, -0.2) is 12.6 Å². The highest BCUT2D eigenvalue weighted by Crippen LogP contribution is 2.61. The van der Waals surface area contributed by atoms with Gasteiger partial charge in [0.1, 0.15) is 0 Å². The first kappa shape index (κ1) is 18.2. The van der Waals surface area contributed by atoms with Crippen molar-refractivity contribution in [3.63, 3.8) is 0 Å². The molecule has 0 aromatic heterocycles. The molecule has 25 heavy (non-hydrogen) atoms. The number of allylic oxidation sites excluding steroid dienone is 7. The normalized spacial score (nSPS) is 35.7. The highest BCUT2D eigenvalue weighted by atomic mass is 16.5. The van der Waals surface area contributed by atoms with Crippen molar-refractivity contribution in [3.05, 3.63) is 46.6 Å². The number of fused-ring (bicyclic) bond motifs is 4. The van der Waals surface area contributed by atoms with E-state index in [2.05, 4.69) is 38.2 Å². The van der Waals surface area contributed by atoms with Gasteiger partial charge in [-0.15, -0.1) is 0 Å². The van der Waals surface area contributed by atoms with Gasteiger partial charge >= 0.3 is 5.97 Å². The quantitative estimate of drug-likeness (QED) is 0.461. The van der Waals surface area contributed by atoms with Gasteiger partial charge in [0, 0.05) is 5.41 Å². The molecule has 0 saturated carbocycles. The molecule has 0 N–H and O–H groups in total. The zero-order valence-electron chi connectivity index (χ0n) is 15.2. The molecule has 0 radical (unpaired) electrons. The molecular weight excluding hydrogens is 308 g/mol. The predicted octanol–water partition coefficient (Wildman–Crippen LogP) is 5.92. The molecule has 0 amide bonds. The molecule has 0 spiro atoms. The van der Waals surface area contributed by atoms with Gasteiger partial charge < -0.3 is 4.74 Å². The van der Waals surface area contributed by atoms with Crippen LogP contribution in [0.5, 0.6) is 0 Å². The lowest BCUT2D eigenvalue weighted by molar-refractivity contribution is -0.146. The van der Waals surface area contributed by atoms with Crippen molar-refractivity contribution in [1.29, 1.82) is 0 Å². The number of hydrogen-bond donors (Lipinski definition) is 0. The van der Waals surface area contributed by atoms with E-state index < -0.39 is 0 Å². The van der Waals surface area contributed by atoms with Gasteiger partial charge in [0.25, 0.3) is 0 Å². The fourth-order valence-corrected chi connectivity index (χ4v) is 5.44. The summed E-state index contributed by atoms with van der Waals surface area (Å²) in [6.45, 7) is 7.11. The molecule has 0 heterocycles. The smallest absolute Gasteiger partial charge is 0.313 e. The lowest BCUT2D eigenvalue weighted by Gasteiger charge is -2.49. The van der Waals surface area contributed by atoms with E-state index in [1.807, 2.05) is 6.92 Å². The van der Waals surface area contributed by atoms with Crippen molar-refractivity contribution < 1.29 is 9.53 Å². The summed E-state index contributed by atoms with van der Waals surface area (Å²) in [6, 6.07) is 0. The Morgan fingerprint density at radius 2 is 2.08 bits per heavy atom. The van der Waals surface area contributed by atoms with Gasteiger partial charge in [-0.1, -0.05) is 49.8 Å². The van der Waals surface area contributed by atoms with Crippen LogP contribution >= 0.6 is 0 Å². The molecule has 4 aliphatic carbocycles. The Morgan fingerprint density at radius 1 is 1.28 bits per heavy atom. The number of rotatable bonds is 2. The summed E-state index contributed by atoms with van der Waals surface area (Å²) >= 11 is 0. The van der Waals surface area contributed by atoms with E-state index in [4.69, 9.17) is 4.74 Å². The van der Waals surface area contributed by atoms with E-state index in [1.165, 1.54) is 35.1 Å². The molecule has 0 saturated heterocycles. The third-order valence-corrected chi connectivity index (χ3v) is 6.83. The largest absolute Gasteiger partial charge is 0.466 e. The van der Waals surface area contributed by atoms with Crippen molar-refractivity contribution in [1.82, 2.24) is 0 Å². The van der Waals surface area contributed by atoms with Crippen molar-refractivity contribution in [2.75, 3.05) is 6.61 Å². The maximum atomic E-state index is 12.8. The predicted molar refractivity (Wildman–Crippen MR) is 103 cm³/mol. The molecule has 4 rings (SSSR count). The van der Waals surface area contributed by atoms with Crippen LogP contribution < -0.4 is 0 Å². The molecule has 0 fully saturated rings. The minimum absolute atomic E-state index is 0.